The zero-order valence-electron chi connectivity index (χ0n) is 25.9. The molecular weight excluding hydrogens is 606 g/mol. The SMILES string of the molecule is CCCCNC(=O)C(Cc1ccccc1)N(Cc1cccc(Cl)c1)C(=O)CN(c1ccc(C)cc1)S(=O)(=O)c1ccc(C)cc1. The van der Waals surface area contributed by atoms with Crippen LogP contribution in [-0.2, 0) is 32.6 Å². The molecule has 1 atom stereocenters. The van der Waals surface area contributed by atoms with Gasteiger partial charge in [0.2, 0.25) is 11.8 Å². The van der Waals surface area contributed by atoms with E-state index in [0.717, 1.165) is 39.4 Å². The summed E-state index contributed by atoms with van der Waals surface area (Å²) < 4.78 is 29.4. The van der Waals surface area contributed by atoms with Gasteiger partial charge in [-0.3, -0.25) is 13.9 Å². The number of rotatable bonds is 14. The number of halogens is 1. The van der Waals surface area contributed by atoms with Crippen molar-refractivity contribution in [3.05, 3.63) is 130 Å². The lowest BCUT2D eigenvalue weighted by atomic mass is 10.0. The molecule has 0 spiro atoms. The van der Waals surface area contributed by atoms with Crippen molar-refractivity contribution in [1.29, 1.82) is 0 Å². The van der Waals surface area contributed by atoms with E-state index < -0.39 is 28.5 Å². The van der Waals surface area contributed by atoms with E-state index in [-0.39, 0.29) is 23.8 Å². The first-order valence-electron chi connectivity index (χ1n) is 15.1. The molecule has 0 saturated heterocycles. The molecule has 0 aliphatic rings. The second-order valence-electron chi connectivity index (χ2n) is 11.2. The van der Waals surface area contributed by atoms with Gasteiger partial charge in [0.05, 0.1) is 10.6 Å². The van der Waals surface area contributed by atoms with Crippen LogP contribution in [0.4, 0.5) is 5.69 Å². The highest BCUT2D eigenvalue weighted by atomic mass is 35.5. The fourth-order valence-corrected chi connectivity index (χ4v) is 6.60. The maximum absolute atomic E-state index is 14.5. The van der Waals surface area contributed by atoms with Crippen LogP contribution in [0.5, 0.6) is 0 Å². The van der Waals surface area contributed by atoms with Gasteiger partial charge in [0, 0.05) is 24.5 Å². The Morgan fingerprint density at radius 1 is 0.822 bits per heavy atom. The van der Waals surface area contributed by atoms with Crippen LogP contribution in [0.15, 0.2) is 108 Å². The van der Waals surface area contributed by atoms with Gasteiger partial charge in [-0.1, -0.05) is 103 Å². The first-order chi connectivity index (χ1) is 21.6. The number of benzene rings is 4. The largest absolute Gasteiger partial charge is 0.354 e. The molecule has 1 unspecified atom stereocenters. The standard InChI is InChI=1S/C36H40ClN3O4S/c1-4-5-22-38-36(42)34(24-29-10-7-6-8-11-29)39(25-30-12-9-13-31(37)23-30)35(41)26-40(32-18-14-27(2)15-19-32)45(43,44)33-20-16-28(3)17-21-33/h6-21,23,34H,4-5,22,24-26H2,1-3H3,(H,38,42). The van der Waals surface area contributed by atoms with Crippen LogP contribution in [0.3, 0.4) is 0 Å². The van der Waals surface area contributed by atoms with Crippen molar-refractivity contribution in [3.8, 4) is 0 Å². The molecule has 0 saturated carbocycles. The van der Waals surface area contributed by atoms with Crippen LogP contribution >= 0.6 is 11.6 Å². The number of anilines is 1. The summed E-state index contributed by atoms with van der Waals surface area (Å²) in [4.78, 5) is 29.8. The molecule has 0 aliphatic heterocycles. The average molecular weight is 646 g/mol. The number of nitrogens with zero attached hydrogens (tertiary/aromatic N) is 2. The molecule has 0 aliphatic carbocycles. The number of amides is 2. The Hall–Kier alpha value is -4.14. The molecule has 0 bridgehead atoms. The van der Waals surface area contributed by atoms with Crippen LogP contribution in [-0.4, -0.2) is 44.3 Å². The van der Waals surface area contributed by atoms with Crippen molar-refractivity contribution in [2.24, 2.45) is 0 Å². The Labute approximate surface area is 271 Å². The van der Waals surface area contributed by atoms with Crippen LogP contribution in [0.2, 0.25) is 5.02 Å². The molecule has 236 valence electrons. The van der Waals surface area contributed by atoms with E-state index in [2.05, 4.69) is 5.32 Å². The first-order valence-corrected chi connectivity index (χ1v) is 16.9. The van der Waals surface area contributed by atoms with E-state index in [4.69, 9.17) is 11.6 Å². The minimum Gasteiger partial charge on any atom is -0.354 e. The number of aryl methyl sites for hydroxylation is 2. The number of hydrogen-bond acceptors (Lipinski definition) is 4. The third-order valence-corrected chi connectivity index (χ3v) is 9.58. The van der Waals surface area contributed by atoms with Crippen molar-refractivity contribution in [2.45, 2.75) is 57.5 Å². The van der Waals surface area contributed by atoms with Crippen molar-refractivity contribution in [3.63, 3.8) is 0 Å². The van der Waals surface area contributed by atoms with Gasteiger partial charge in [-0.15, -0.1) is 0 Å². The summed E-state index contributed by atoms with van der Waals surface area (Å²) in [6, 6.07) is 29.2. The normalized spacial score (nSPS) is 11.9. The number of sulfonamides is 1. The molecule has 0 radical (unpaired) electrons. The molecule has 4 aromatic rings. The highest BCUT2D eigenvalue weighted by Crippen LogP contribution is 2.26. The Kier molecular flexibility index (Phi) is 11.8. The Balaban J connectivity index is 1.78. The quantitative estimate of drug-likeness (QED) is 0.155. The Morgan fingerprint density at radius 3 is 2.07 bits per heavy atom. The van der Waals surface area contributed by atoms with Gasteiger partial charge in [0.25, 0.3) is 10.0 Å². The Morgan fingerprint density at radius 2 is 1.44 bits per heavy atom. The van der Waals surface area contributed by atoms with E-state index in [1.165, 1.54) is 4.90 Å². The number of carbonyl (C=O) groups excluding carboxylic acids is 2. The smallest absolute Gasteiger partial charge is 0.264 e. The van der Waals surface area contributed by atoms with Crippen LogP contribution < -0.4 is 9.62 Å². The fourth-order valence-electron chi connectivity index (χ4n) is 4.97. The van der Waals surface area contributed by atoms with Gasteiger partial charge in [-0.2, -0.15) is 0 Å². The fraction of sp³-hybridized carbons (Fsp3) is 0.278. The zero-order chi connectivity index (χ0) is 32.4. The molecule has 4 aromatic carbocycles. The third-order valence-electron chi connectivity index (χ3n) is 7.55. The summed E-state index contributed by atoms with van der Waals surface area (Å²) in [5.41, 5.74) is 3.81. The lowest BCUT2D eigenvalue weighted by molar-refractivity contribution is -0.140. The van der Waals surface area contributed by atoms with Crippen LogP contribution in [0.25, 0.3) is 0 Å². The summed E-state index contributed by atoms with van der Waals surface area (Å²) >= 11 is 6.31. The summed E-state index contributed by atoms with van der Waals surface area (Å²) in [5.74, 6) is -0.816. The van der Waals surface area contributed by atoms with Crippen LogP contribution in [0.1, 0.15) is 42.0 Å². The predicted molar refractivity (Wildman–Crippen MR) is 181 cm³/mol. The monoisotopic (exact) mass is 645 g/mol. The Bertz CT molecular complexity index is 1680. The van der Waals surface area contributed by atoms with Gasteiger partial charge in [-0.25, -0.2) is 8.42 Å². The van der Waals surface area contributed by atoms with Gasteiger partial charge >= 0.3 is 0 Å². The van der Waals surface area contributed by atoms with Crippen LogP contribution in [0, 0.1) is 13.8 Å². The number of unbranched alkanes of at least 4 members (excludes halogenated alkanes) is 1. The average Bonchev–Trinajstić information content (AvgIpc) is 3.02. The molecule has 4 rings (SSSR count). The highest BCUT2D eigenvalue weighted by Gasteiger charge is 2.34. The third kappa shape index (κ3) is 9.19. The topological polar surface area (TPSA) is 86.8 Å². The number of hydrogen-bond donors (Lipinski definition) is 1. The summed E-state index contributed by atoms with van der Waals surface area (Å²) in [5, 5.41) is 3.49. The first kappa shape index (κ1) is 33.7. The van der Waals surface area contributed by atoms with Crippen molar-refractivity contribution < 1.29 is 18.0 Å². The lowest BCUT2D eigenvalue weighted by Gasteiger charge is -2.34. The molecular formula is C36H40ClN3O4S. The highest BCUT2D eigenvalue weighted by molar-refractivity contribution is 7.92. The van der Waals surface area contributed by atoms with Crippen molar-refractivity contribution >= 4 is 39.1 Å². The van der Waals surface area contributed by atoms with E-state index >= 15 is 0 Å². The molecule has 1 N–H and O–H groups in total. The molecule has 0 fully saturated rings. The maximum atomic E-state index is 14.5. The summed E-state index contributed by atoms with van der Waals surface area (Å²) in [6.45, 7) is 5.85. The van der Waals surface area contributed by atoms with Crippen molar-refractivity contribution in [2.75, 3.05) is 17.4 Å². The zero-order valence-corrected chi connectivity index (χ0v) is 27.5. The van der Waals surface area contributed by atoms with E-state index in [1.807, 2.05) is 57.2 Å². The number of carbonyl (C=O) groups is 2. The molecule has 45 heavy (non-hydrogen) atoms. The van der Waals surface area contributed by atoms with E-state index in [1.54, 1.807) is 66.7 Å². The molecule has 7 nitrogen and oxygen atoms in total. The molecule has 0 aromatic heterocycles. The van der Waals surface area contributed by atoms with Gasteiger partial charge in [0.1, 0.15) is 12.6 Å². The van der Waals surface area contributed by atoms with E-state index in [0.29, 0.717) is 17.3 Å². The minimum atomic E-state index is -4.15. The predicted octanol–water partition coefficient (Wildman–Crippen LogP) is 6.71. The maximum Gasteiger partial charge on any atom is 0.264 e. The second-order valence-corrected chi connectivity index (χ2v) is 13.5. The lowest BCUT2D eigenvalue weighted by Crippen LogP contribution is -2.53. The minimum absolute atomic E-state index is 0.0599. The number of nitrogens with one attached hydrogen (secondary N) is 1. The van der Waals surface area contributed by atoms with Gasteiger partial charge in [-0.05, 0) is 67.8 Å². The molecule has 2 amide bonds. The summed E-state index contributed by atoms with van der Waals surface area (Å²) in [7, 11) is -4.15. The van der Waals surface area contributed by atoms with Crippen molar-refractivity contribution in [1.82, 2.24) is 10.2 Å². The van der Waals surface area contributed by atoms with E-state index in [9.17, 15) is 18.0 Å². The summed E-state index contributed by atoms with van der Waals surface area (Å²) in [6.07, 6.45) is 1.94. The molecule has 0 heterocycles. The molecule has 9 heteroatoms. The second kappa shape index (κ2) is 15.7. The van der Waals surface area contributed by atoms with Gasteiger partial charge < -0.3 is 10.2 Å². The van der Waals surface area contributed by atoms with Gasteiger partial charge in [0.15, 0.2) is 0 Å².